The van der Waals surface area contributed by atoms with Crippen LogP contribution in [0.1, 0.15) is 46.5 Å². The Hall–Kier alpha value is -0.170. The third-order valence-corrected chi connectivity index (χ3v) is 3.28. The summed E-state index contributed by atoms with van der Waals surface area (Å²) in [6.07, 6.45) is 1.97. The van der Waals surface area contributed by atoms with Crippen molar-refractivity contribution >= 4 is 10.1 Å². The van der Waals surface area contributed by atoms with Crippen molar-refractivity contribution in [3.8, 4) is 0 Å². The lowest BCUT2D eigenvalue weighted by molar-refractivity contribution is 0.0664. The van der Waals surface area contributed by atoms with Crippen molar-refractivity contribution in [2.45, 2.75) is 57.5 Å². The first-order valence-corrected chi connectivity index (χ1v) is 6.84. The second kappa shape index (κ2) is 5.95. The van der Waals surface area contributed by atoms with Crippen molar-refractivity contribution in [2.24, 2.45) is 5.92 Å². The van der Waals surface area contributed by atoms with E-state index in [1.165, 1.54) is 0 Å². The third kappa shape index (κ3) is 8.04. The first-order valence-electron chi connectivity index (χ1n) is 5.37. The highest BCUT2D eigenvalue weighted by atomic mass is 32.2. The van der Waals surface area contributed by atoms with Crippen molar-refractivity contribution in [1.82, 2.24) is 0 Å². The fourth-order valence-electron chi connectivity index (χ4n) is 1.46. The Bertz CT molecular complexity index is 291. The Kier molecular flexibility index (Phi) is 5.89. The smallest absolute Gasteiger partial charge is 0.143 e. The van der Waals surface area contributed by atoms with Crippen molar-refractivity contribution in [3.63, 3.8) is 0 Å². The topological polar surface area (TPSA) is 97.7 Å². The lowest BCUT2D eigenvalue weighted by atomic mass is 9.95. The molecule has 0 aliphatic carbocycles. The van der Waals surface area contributed by atoms with Crippen LogP contribution in [0.2, 0.25) is 0 Å². The van der Waals surface area contributed by atoms with Gasteiger partial charge in [0.25, 0.3) is 0 Å². The molecule has 0 heterocycles. The zero-order chi connectivity index (χ0) is 13.0. The van der Waals surface area contributed by atoms with Crippen LogP contribution in [0.3, 0.4) is 0 Å². The molecule has 6 heteroatoms. The minimum Gasteiger partial charge on any atom is -0.746 e. The standard InChI is InChI=1S/C10H22O5S/c1-8(5-4-6-10(2,3)12)7-9(11)16(13,14)15/h8-9,11-12H,4-7H2,1-3H3,(H,13,14,15)/p-1/t8-,9-/m0/s1. The predicted molar refractivity (Wildman–Crippen MR) is 59.6 cm³/mol. The number of hydrogen-bond acceptors (Lipinski definition) is 5. The molecule has 0 spiro atoms. The second-order valence-corrected chi connectivity index (χ2v) is 6.52. The highest BCUT2D eigenvalue weighted by Crippen LogP contribution is 2.19. The van der Waals surface area contributed by atoms with Gasteiger partial charge in [-0.05, 0) is 32.6 Å². The Morgan fingerprint density at radius 2 is 1.88 bits per heavy atom. The van der Waals surface area contributed by atoms with Crippen LogP contribution in [-0.2, 0) is 10.1 Å². The highest BCUT2D eigenvalue weighted by molar-refractivity contribution is 7.86. The molecule has 0 unspecified atom stereocenters. The maximum atomic E-state index is 10.5. The van der Waals surface area contributed by atoms with E-state index in [4.69, 9.17) is 5.11 Å². The molecule has 0 aromatic heterocycles. The molecular formula is C10H21O5S-. The molecule has 0 bridgehead atoms. The van der Waals surface area contributed by atoms with E-state index in [1.54, 1.807) is 20.8 Å². The van der Waals surface area contributed by atoms with Gasteiger partial charge in [0.05, 0.1) is 5.60 Å². The van der Waals surface area contributed by atoms with Crippen LogP contribution in [0.25, 0.3) is 0 Å². The van der Waals surface area contributed by atoms with Crippen LogP contribution >= 0.6 is 0 Å². The Morgan fingerprint density at radius 3 is 2.25 bits per heavy atom. The molecule has 2 N–H and O–H groups in total. The van der Waals surface area contributed by atoms with E-state index in [9.17, 15) is 18.1 Å². The normalized spacial score (nSPS) is 17.1. The molecule has 0 aliphatic heterocycles. The number of aliphatic hydroxyl groups is 2. The number of hydrogen-bond donors (Lipinski definition) is 2. The fraction of sp³-hybridized carbons (Fsp3) is 1.00. The van der Waals surface area contributed by atoms with Gasteiger partial charge in [-0.15, -0.1) is 0 Å². The van der Waals surface area contributed by atoms with Gasteiger partial charge in [0, 0.05) is 0 Å². The van der Waals surface area contributed by atoms with Gasteiger partial charge in [0.1, 0.15) is 15.6 Å². The SMILES string of the molecule is C[C@@H](CCCC(C)(C)O)C[C@@H](O)S(=O)(=O)[O-]. The molecule has 5 nitrogen and oxygen atoms in total. The van der Waals surface area contributed by atoms with E-state index in [0.29, 0.717) is 12.8 Å². The zero-order valence-corrected chi connectivity index (χ0v) is 10.8. The summed E-state index contributed by atoms with van der Waals surface area (Å²) in [5, 5.41) is 18.5. The Labute approximate surface area is 97.2 Å². The molecule has 0 saturated heterocycles. The van der Waals surface area contributed by atoms with Crippen LogP contribution in [-0.4, -0.2) is 34.2 Å². The maximum absolute atomic E-state index is 10.5. The van der Waals surface area contributed by atoms with Crippen molar-refractivity contribution in [2.75, 3.05) is 0 Å². The summed E-state index contributed by atoms with van der Waals surface area (Å²) in [7, 11) is -4.60. The molecule has 0 aromatic carbocycles. The summed E-state index contributed by atoms with van der Waals surface area (Å²) < 4.78 is 31.4. The summed E-state index contributed by atoms with van der Waals surface area (Å²) in [5.74, 6) is -0.0546. The Balaban J connectivity index is 3.88. The van der Waals surface area contributed by atoms with Crippen LogP contribution in [0.4, 0.5) is 0 Å². The van der Waals surface area contributed by atoms with E-state index in [1.807, 2.05) is 0 Å². The van der Waals surface area contributed by atoms with Crippen molar-refractivity contribution in [1.29, 1.82) is 0 Å². The quantitative estimate of drug-likeness (QED) is 0.654. The molecule has 0 saturated carbocycles. The van der Waals surface area contributed by atoms with Gasteiger partial charge < -0.3 is 14.8 Å². The average Bonchev–Trinajstić information content (AvgIpc) is 1.99. The van der Waals surface area contributed by atoms with Crippen molar-refractivity contribution < 1.29 is 23.2 Å². The van der Waals surface area contributed by atoms with Gasteiger partial charge in [0.15, 0.2) is 0 Å². The summed E-state index contributed by atoms with van der Waals surface area (Å²) >= 11 is 0. The Morgan fingerprint density at radius 1 is 1.38 bits per heavy atom. The fourth-order valence-corrected chi connectivity index (χ4v) is 2.03. The monoisotopic (exact) mass is 253 g/mol. The van der Waals surface area contributed by atoms with Crippen LogP contribution in [0, 0.1) is 5.92 Å². The minimum atomic E-state index is -4.60. The molecule has 0 radical (unpaired) electrons. The van der Waals surface area contributed by atoms with E-state index in [0.717, 1.165) is 6.42 Å². The van der Waals surface area contributed by atoms with Crippen LogP contribution in [0.5, 0.6) is 0 Å². The molecule has 0 aromatic rings. The average molecular weight is 253 g/mol. The van der Waals surface area contributed by atoms with Gasteiger partial charge in [0.2, 0.25) is 0 Å². The van der Waals surface area contributed by atoms with Crippen LogP contribution < -0.4 is 0 Å². The number of aliphatic hydroxyl groups excluding tert-OH is 1. The van der Waals surface area contributed by atoms with Gasteiger partial charge in [-0.1, -0.05) is 19.8 Å². The van der Waals surface area contributed by atoms with E-state index >= 15 is 0 Å². The third-order valence-electron chi connectivity index (χ3n) is 2.42. The predicted octanol–water partition coefficient (Wildman–Crippen LogP) is 0.817. The summed E-state index contributed by atoms with van der Waals surface area (Å²) in [5.41, 5.74) is -2.55. The zero-order valence-electron chi connectivity index (χ0n) is 10.0. The lowest BCUT2D eigenvalue weighted by Gasteiger charge is -2.21. The summed E-state index contributed by atoms with van der Waals surface area (Å²) in [6.45, 7) is 5.18. The molecular weight excluding hydrogens is 232 g/mol. The maximum Gasteiger partial charge on any atom is 0.143 e. The van der Waals surface area contributed by atoms with E-state index in [-0.39, 0.29) is 12.3 Å². The summed E-state index contributed by atoms with van der Waals surface area (Å²) in [6, 6.07) is 0. The van der Waals surface area contributed by atoms with E-state index in [2.05, 4.69) is 0 Å². The van der Waals surface area contributed by atoms with Gasteiger partial charge >= 0.3 is 0 Å². The first kappa shape index (κ1) is 15.8. The van der Waals surface area contributed by atoms with Gasteiger partial charge in [-0.25, -0.2) is 8.42 Å². The van der Waals surface area contributed by atoms with Gasteiger partial charge in [-0.2, -0.15) is 0 Å². The molecule has 0 fully saturated rings. The molecule has 98 valence electrons. The molecule has 0 amide bonds. The van der Waals surface area contributed by atoms with Crippen LogP contribution in [0.15, 0.2) is 0 Å². The molecule has 16 heavy (non-hydrogen) atoms. The largest absolute Gasteiger partial charge is 0.746 e. The van der Waals surface area contributed by atoms with Gasteiger partial charge in [-0.3, -0.25) is 0 Å². The van der Waals surface area contributed by atoms with E-state index < -0.39 is 21.2 Å². The summed E-state index contributed by atoms with van der Waals surface area (Å²) in [4.78, 5) is 0. The molecule has 2 atom stereocenters. The highest BCUT2D eigenvalue weighted by Gasteiger charge is 2.17. The number of rotatable bonds is 7. The van der Waals surface area contributed by atoms with Crippen molar-refractivity contribution in [3.05, 3.63) is 0 Å². The second-order valence-electron chi connectivity index (χ2n) is 4.99. The first-order chi connectivity index (χ1) is 7.02. The molecule has 0 aliphatic rings. The lowest BCUT2D eigenvalue weighted by Crippen LogP contribution is -2.23. The molecule has 0 rings (SSSR count). The minimum absolute atomic E-state index is 0.0440.